The molecule has 2 N–H and O–H groups in total. The molecule has 2 aromatic carbocycles. The van der Waals surface area contributed by atoms with Crippen molar-refractivity contribution in [3.63, 3.8) is 0 Å². The molecule has 5 aliphatic rings. The molecular formula is C44H50N8O6. The van der Waals surface area contributed by atoms with Gasteiger partial charge in [-0.05, 0) is 73.7 Å². The molecule has 0 radical (unpaired) electrons. The number of benzene rings is 2. The molecule has 4 fully saturated rings. The Bertz CT molecular complexity index is 2150. The van der Waals surface area contributed by atoms with Crippen LogP contribution in [0.15, 0.2) is 60.8 Å². The molecule has 14 nitrogen and oxygen atoms in total. The van der Waals surface area contributed by atoms with Crippen molar-refractivity contribution in [1.82, 2.24) is 25.4 Å². The molecule has 1 unspecified atom stereocenters. The smallest absolute Gasteiger partial charge is 0.262 e. The van der Waals surface area contributed by atoms with E-state index in [1.54, 1.807) is 24.3 Å². The van der Waals surface area contributed by atoms with Gasteiger partial charge in [0.1, 0.15) is 18.2 Å². The van der Waals surface area contributed by atoms with Crippen LogP contribution in [0.1, 0.15) is 90.0 Å². The highest BCUT2D eigenvalue weighted by Gasteiger charge is 2.64. The zero-order valence-corrected chi connectivity index (χ0v) is 33.5. The number of nitriles is 1. The van der Waals surface area contributed by atoms with Gasteiger partial charge in [-0.2, -0.15) is 5.26 Å². The number of pyridine rings is 1. The van der Waals surface area contributed by atoms with Gasteiger partial charge in [0.15, 0.2) is 0 Å². The van der Waals surface area contributed by atoms with Crippen LogP contribution in [0.25, 0.3) is 0 Å². The largest absolute Gasteiger partial charge is 0.473 e. The molecular weight excluding hydrogens is 737 g/mol. The van der Waals surface area contributed by atoms with Gasteiger partial charge < -0.3 is 19.9 Å². The summed E-state index contributed by atoms with van der Waals surface area (Å²) in [5, 5.41) is 14.6. The fraction of sp³-hybridized carbons (Fsp3) is 0.477. The van der Waals surface area contributed by atoms with Crippen LogP contribution in [0.5, 0.6) is 5.88 Å². The number of amides is 5. The van der Waals surface area contributed by atoms with Crippen LogP contribution < -0.4 is 25.2 Å². The van der Waals surface area contributed by atoms with Gasteiger partial charge in [0.2, 0.25) is 17.7 Å². The summed E-state index contributed by atoms with van der Waals surface area (Å²) >= 11 is 0. The van der Waals surface area contributed by atoms with Gasteiger partial charge in [-0.1, -0.05) is 27.7 Å². The number of carbonyl (C=O) groups excluding carboxylic acids is 5. The Morgan fingerprint density at radius 3 is 2.14 bits per heavy atom. The van der Waals surface area contributed by atoms with Gasteiger partial charge in [0.25, 0.3) is 17.7 Å². The Balaban J connectivity index is 0.788. The first-order chi connectivity index (χ1) is 27.7. The van der Waals surface area contributed by atoms with E-state index in [1.165, 1.54) is 6.20 Å². The minimum Gasteiger partial charge on any atom is -0.473 e. The lowest BCUT2D eigenvalue weighted by atomic mass is 9.49. The third-order valence-corrected chi connectivity index (χ3v) is 13.0. The van der Waals surface area contributed by atoms with Crippen LogP contribution in [0.3, 0.4) is 0 Å². The molecule has 5 heterocycles. The van der Waals surface area contributed by atoms with Crippen molar-refractivity contribution in [2.24, 2.45) is 16.7 Å². The summed E-state index contributed by atoms with van der Waals surface area (Å²) < 4.78 is 6.28. The second-order valence-corrected chi connectivity index (χ2v) is 17.5. The minimum atomic E-state index is -0.973. The summed E-state index contributed by atoms with van der Waals surface area (Å²) in [6.45, 7) is 14.7. The van der Waals surface area contributed by atoms with Crippen LogP contribution in [0, 0.1) is 28.1 Å². The fourth-order valence-electron chi connectivity index (χ4n) is 10.1. The maximum atomic E-state index is 13.5. The number of imide groups is 2. The third-order valence-electron chi connectivity index (χ3n) is 13.0. The van der Waals surface area contributed by atoms with E-state index < -0.39 is 29.7 Å². The molecule has 14 heteroatoms. The van der Waals surface area contributed by atoms with Crippen LogP contribution in [-0.2, 0) is 9.59 Å². The van der Waals surface area contributed by atoms with Gasteiger partial charge >= 0.3 is 0 Å². The van der Waals surface area contributed by atoms with E-state index in [0.29, 0.717) is 34.1 Å². The predicted octanol–water partition coefficient (Wildman–Crippen LogP) is 4.01. The average Bonchev–Trinajstić information content (AvgIpc) is 3.47. The number of ether oxygens (including phenoxy) is 1. The molecule has 3 saturated heterocycles. The van der Waals surface area contributed by atoms with Crippen LogP contribution in [-0.4, -0.2) is 108 Å². The first kappa shape index (κ1) is 39.0. The maximum Gasteiger partial charge on any atom is 0.262 e. The minimum absolute atomic E-state index is 0.0913. The molecule has 1 aliphatic carbocycles. The van der Waals surface area contributed by atoms with E-state index >= 15 is 0 Å². The second-order valence-electron chi connectivity index (χ2n) is 17.5. The van der Waals surface area contributed by atoms with Gasteiger partial charge in [0.05, 0.1) is 16.7 Å². The monoisotopic (exact) mass is 786 g/mol. The first-order valence-electron chi connectivity index (χ1n) is 20.3. The SMILES string of the molecule is CC1(C)C(NC(=O)c2ccc(N3CCC(CN4CCN(c5ccc6c(c5)C(=O)N(C5CCC(=O)NC5=O)C6=O)CC4)CC3)cc2)C(C)(C)C1Oc1ccc(C#N)cn1. The molecule has 0 bridgehead atoms. The van der Waals surface area contributed by atoms with Crippen LogP contribution in [0.2, 0.25) is 0 Å². The topological polar surface area (TPSA) is 168 Å². The Morgan fingerprint density at radius 1 is 0.845 bits per heavy atom. The summed E-state index contributed by atoms with van der Waals surface area (Å²) in [6.07, 6.45) is 3.72. The number of aromatic nitrogens is 1. The van der Waals surface area contributed by atoms with Crippen molar-refractivity contribution >= 4 is 40.9 Å². The summed E-state index contributed by atoms with van der Waals surface area (Å²) in [5.41, 5.74) is 3.01. The molecule has 8 rings (SSSR count). The number of piperidine rings is 2. The van der Waals surface area contributed by atoms with Crippen molar-refractivity contribution in [2.75, 3.05) is 55.6 Å². The number of hydrogen-bond donors (Lipinski definition) is 2. The number of nitrogens with zero attached hydrogens (tertiary/aromatic N) is 6. The Labute approximate surface area is 338 Å². The molecule has 5 amide bonds. The summed E-state index contributed by atoms with van der Waals surface area (Å²) in [5.74, 6) is -1.03. The molecule has 4 aliphatic heterocycles. The van der Waals surface area contributed by atoms with Crippen LogP contribution in [0.4, 0.5) is 11.4 Å². The van der Waals surface area contributed by atoms with Gasteiger partial charge in [-0.3, -0.25) is 39.1 Å². The molecule has 58 heavy (non-hydrogen) atoms. The highest BCUT2D eigenvalue weighted by molar-refractivity contribution is 6.23. The predicted molar refractivity (Wildman–Crippen MR) is 215 cm³/mol. The third kappa shape index (κ3) is 7.16. The molecule has 1 atom stereocenters. The highest BCUT2D eigenvalue weighted by Crippen LogP contribution is 2.55. The van der Waals surface area contributed by atoms with Crippen molar-refractivity contribution in [3.8, 4) is 11.9 Å². The summed E-state index contributed by atoms with van der Waals surface area (Å²) in [6, 6.07) is 17.6. The van der Waals surface area contributed by atoms with Crippen LogP contribution >= 0.6 is 0 Å². The molecule has 1 saturated carbocycles. The highest BCUT2D eigenvalue weighted by atomic mass is 16.5. The van der Waals surface area contributed by atoms with Gasteiger partial charge in [-0.15, -0.1) is 0 Å². The number of hydrogen-bond acceptors (Lipinski definition) is 11. The number of carbonyl (C=O) groups is 5. The Kier molecular flexibility index (Phi) is 10.2. The first-order valence-corrected chi connectivity index (χ1v) is 20.3. The lowest BCUT2D eigenvalue weighted by molar-refractivity contribution is -0.165. The van der Waals surface area contributed by atoms with E-state index in [1.807, 2.05) is 30.3 Å². The Morgan fingerprint density at radius 2 is 1.50 bits per heavy atom. The van der Waals surface area contributed by atoms with E-state index in [0.717, 1.165) is 74.9 Å². The summed E-state index contributed by atoms with van der Waals surface area (Å²) in [7, 11) is 0. The molecule has 302 valence electrons. The zero-order chi connectivity index (χ0) is 40.9. The van der Waals surface area contributed by atoms with Crippen molar-refractivity contribution in [3.05, 3.63) is 83.0 Å². The van der Waals surface area contributed by atoms with Crippen molar-refractivity contribution < 1.29 is 28.7 Å². The quantitative estimate of drug-likeness (QED) is 0.301. The normalized spacial score (nSPS) is 24.5. The number of nitrogens with one attached hydrogen (secondary N) is 2. The zero-order valence-electron chi connectivity index (χ0n) is 33.5. The lowest BCUT2D eigenvalue weighted by Crippen LogP contribution is -2.74. The number of piperazine rings is 1. The summed E-state index contributed by atoms with van der Waals surface area (Å²) in [4.78, 5) is 76.4. The molecule has 3 aromatic rings. The molecule has 1 aromatic heterocycles. The lowest BCUT2D eigenvalue weighted by Gasteiger charge is -2.62. The number of anilines is 2. The van der Waals surface area contributed by atoms with E-state index in [2.05, 4.69) is 64.1 Å². The molecule has 0 spiro atoms. The average molecular weight is 787 g/mol. The van der Waals surface area contributed by atoms with Gasteiger partial charge in [0, 0.05) is 98.3 Å². The maximum absolute atomic E-state index is 13.5. The van der Waals surface area contributed by atoms with E-state index in [9.17, 15) is 24.0 Å². The Hall–Kier alpha value is -5.81. The van der Waals surface area contributed by atoms with Crippen molar-refractivity contribution in [2.45, 2.75) is 71.6 Å². The van der Waals surface area contributed by atoms with E-state index in [4.69, 9.17) is 10.00 Å². The standard InChI is InChI=1S/C44H50N8O6/c1-43(2)41(44(3,4)42(43)58-36-14-5-28(24-45)25-46-36)48-37(54)29-6-8-30(9-7-29)50-17-15-27(16-18-50)26-49-19-21-51(22-20-49)31-10-11-32-33(23-31)40(57)52(39(32)56)34-12-13-35(53)47-38(34)55/h5-11,14,23,25,27,34,41-42H,12-13,15-22,26H2,1-4H3,(H,48,54)(H,47,53,55). The number of rotatable bonds is 9. The number of fused-ring (bicyclic) bond motifs is 1. The van der Waals surface area contributed by atoms with E-state index in [-0.39, 0.29) is 41.7 Å². The van der Waals surface area contributed by atoms with Gasteiger partial charge in [-0.25, -0.2) is 4.98 Å². The van der Waals surface area contributed by atoms with Crippen molar-refractivity contribution in [1.29, 1.82) is 5.26 Å². The fourth-order valence-corrected chi connectivity index (χ4v) is 10.1. The second kappa shape index (κ2) is 15.2.